The average Bonchev–Trinajstić information content (AvgIpc) is 3.03. The van der Waals surface area contributed by atoms with E-state index in [0.29, 0.717) is 12.2 Å². The predicted molar refractivity (Wildman–Crippen MR) is 93.6 cm³/mol. The number of rotatable bonds is 7. The Morgan fingerprint density at radius 2 is 1.92 bits per heavy atom. The zero-order valence-corrected chi connectivity index (χ0v) is 14.4. The summed E-state index contributed by atoms with van der Waals surface area (Å²) in [5, 5.41) is 18.4. The number of halogens is 1. The third kappa shape index (κ3) is 7.47. The highest BCUT2D eigenvalue weighted by molar-refractivity contribution is 6.40. The third-order valence-electron chi connectivity index (χ3n) is 4.27. The lowest BCUT2D eigenvalue weighted by Gasteiger charge is -2.22. The zero-order chi connectivity index (χ0) is 17.9. The summed E-state index contributed by atoms with van der Waals surface area (Å²) in [6.45, 7) is 2.03. The van der Waals surface area contributed by atoms with Gasteiger partial charge in [-0.05, 0) is 49.3 Å². The second kappa shape index (κ2) is 11.2. The highest BCUT2D eigenvalue weighted by Crippen LogP contribution is 2.27. The van der Waals surface area contributed by atoms with Gasteiger partial charge in [0.2, 0.25) is 0 Å². The third-order valence-corrected chi connectivity index (χ3v) is 4.52. The molecule has 132 valence electrons. The molecule has 6 nitrogen and oxygen atoms in total. The van der Waals surface area contributed by atoms with E-state index in [2.05, 4.69) is 17.0 Å². The van der Waals surface area contributed by atoms with E-state index in [9.17, 15) is 0 Å². The van der Waals surface area contributed by atoms with Crippen LogP contribution in [0.15, 0.2) is 24.3 Å². The minimum absolute atomic E-state index is 0.193. The molecule has 4 N–H and O–H groups in total. The van der Waals surface area contributed by atoms with Crippen LogP contribution in [-0.4, -0.2) is 42.4 Å². The van der Waals surface area contributed by atoms with Crippen molar-refractivity contribution in [3.8, 4) is 0 Å². The molecule has 0 amide bonds. The van der Waals surface area contributed by atoms with Gasteiger partial charge in [-0.25, -0.2) is 0 Å². The van der Waals surface area contributed by atoms with E-state index < -0.39 is 7.12 Å². The lowest BCUT2D eigenvalue weighted by molar-refractivity contribution is -0.191. The first-order chi connectivity index (χ1) is 11.5. The minimum atomic E-state index is -1.19. The Morgan fingerprint density at radius 3 is 2.50 bits per heavy atom. The van der Waals surface area contributed by atoms with Gasteiger partial charge in [0.25, 0.3) is 0 Å². The SMILES string of the molecule is NC(CCCCB(O)O)[C@@H]1CCN(c2ccc(Cl)cc2)C1.O=C=O. The molecule has 1 saturated heterocycles. The molecule has 0 aliphatic carbocycles. The second-order valence-corrected chi connectivity index (χ2v) is 6.42. The van der Waals surface area contributed by atoms with E-state index >= 15 is 0 Å². The maximum atomic E-state index is 8.82. The van der Waals surface area contributed by atoms with Crippen molar-refractivity contribution in [3.63, 3.8) is 0 Å². The largest absolute Gasteiger partial charge is 0.451 e. The van der Waals surface area contributed by atoms with Crippen LogP contribution in [0.1, 0.15) is 25.7 Å². The molecule has 8 heteroatoms. The summed E-state index contributed by atoms with van der Waals surface area (Å²) in [5.74, 6) is 0.514. The van der Waals surface area contributed by atoms with E-state index in [1.54, 1.807) is 0 Å². The Bertz CT molecular complexity index is 509. The fraction of sp³-hybridized carbons (Fsp3) is 0.562. The minimum Gasteiger partial charge on any atom is -0.427 e. The second-order valence-electron chi connectivity index (χ2n) is 5.98. The standard InChI is InChI=1S/C15H24BClN2O2.CO2/c17-13-4-6-14(7-5-13)19-10-8-12(11-19)15(18)3-1-2-9-16(20)21;2-1-3/h4-7,12,15,20-21H,1-3,8-11,18H2;/t12-,15?;/m1./s1. The Hall–Kier alpha value is -1.37. The van der Waals surface area contributed by atoms with Gasteiger partial charge < -0.3 is 20.7 Å². The van der Waals surface area contributed by atoms with Gasteiger partial charge in [-0.15, -0.1) is 0 Å². The number of hydrogen-bond donors (Lipinski definition) is 3. The Kier molecular flexibility index (Phi) is 9.68. The molecule has 2 atom stereocenters. The van der Waals surface area contributed by atoms with Crippen LogP contribution in [0, 0.1) is 5.92 Å². The summed E-state index contributed by atoms with van der Waals surface area (Å²) in [6, 6.07) is 8.14. The maximum Gasteiger partial charge on any atom is 0.451 e. The van der Waals surface area contributed by atoms with Gasteiger partial charge >= 0.3 is 13.3 Å². The van der Waals surface area contributed by atoms with Crippen LogP contribution >= 0.6 is 11.6 Å². The van der Waals surface area contributed by atoms with Gasteiger partial charge in [-0.1, -0.05) is 24.4 Å². The first-order valence-electron chi connectivity index (χ1n) is 8.09. The summed E-state index contributed by atoms with van der Waals surface area (Å²) in [6.07, 6.45) is 4.53. The molecule has 1 aromatic carbocycles. The zero-order valence-electron chi connectivity index (χ0n) is 13.6. The molecule has 0 saturated carbocycles. The van der Waals surface area contributed by atoms with Crippen molar-refractivity contribution in [2.75, 3.05) is 18.0 Å². The first-order valence-corrected chi connectivity index (χ1v) is 8.47. The van der Waals surface area contributed by atoms with Gasteiger partial charge in [-0.3, -0.25) is 0 Å². The van der Waals surface area contributed by atoms with Crippen LogP contribution in [-0.2, 0) is 9.59 Å². The highest BCUT2D eigenvalue weighted by atomic mass is 35.5. The molecule has 1 heterocycles. The molecule has 0 bridgehead atoms. The number of carbonyl (C=O) groups excluding carboxylic acids is 2. The molecule has 1 unspecified atom stereocenters. The van der Waals surface area contributed by atoms with Crippen LogP contribution < -0.4 is 10.6 Å². The van der Waals surface area contributed by atoms with E-state index in [1.165, 1.54) is 5.69 Å². The fourth-order valence-corrected chi connectivity index (χ4v) is 3.09. The number of unbranched alkanes of at least 4 members (excludes halogenated alkanes) is 1. The lowest BCUT2D eigenvalue weighted by Crippen LogP contribution is -2.32. The van der Waals surface area contributed by atoms with Crippen molar-refractivity contribution in [2.24, 2.45) is 11.7 Å². The summed E-state index contributed by atoms with van der Waals surface area (Å²) >= 11 is 5.92. The lowest BCUT2D eigenvalue weighted by atomic mass is 9.82. The van der Waals surface area contributed by atoms with Crippen LogP contribution in [0.5, 0.6) is 0 Å². The van der Waals surface area contributed by atoms with Crippen molar-refractivity contribution in [1.82, 2.24) is 0 Å². The quantitative estimate of drug-likeness (QED) is 0.507. The van der Waals surface area contributed by atoms with E-state index in [0.717, 1.165) is 43.8 Å². The van der Waals surface area contributed by atoms with Gasteiger partial charge in [0, 0.05) is 29.8 Å². The summed E-state index contributed by atoms with van der Waals surface area (Å²) < 4.78 is 0. The normalized spacial score (nSPS) is 17.7. The van der Waals surface area contributed by atoms with Gasteiger partial charge in [0.05, 0.1) is 0 Å². The van der Waals surface area contributed by atoms with Gasteiger partial charge in [-0.2, -0.15) is 9.59 Å². The molecule has 2 rings (SSSR count). The monoisotopic (exact) mass is 354 g/mol. The molecular weight excluding hydrogens is 330 g/mol. The van der Waals surface area contributed by atoms with Crippen LogP contribution in [0.2, 0.25) is 11.3 Å². The number of nitrogens with two attached hydrogens (primary N) is 1. The Morgan fingerprint density at radius 1 is 1.29 bits per heavy atom. The molecule has 0 radical (unpaired) electrons. The summed E-state index contributed by atoms with van der Waals surface area (Å²) in [5.41, 5.74) is 7.49. The maximum absolute atomic E-state index is 8.82. The van der Waals surface area contributed by atoms with Crippen LogP contribution in [0.3, 0.4) is 0 Å². The number of benzene rings is 1. The predicted octanol–water partition coefficient (Wildman–Crippen LogP) is 1.55. The van der Waals surface area contributed by atoms with Gasteiger partial charge in [0.15, 0.2) is 0 Å². The number of hydrogen-bond acceptors (Lipinski definition) is 6. The van der Waals surface area contributed by atoms with Crippen LogP contribution in [0.25, 0.3) is 0 Å². The summed E-state index contributed by atoms with van der Waals surface area (Å²) in [4.78, 5) is 18.6. The molecule has 1 aromatic rings. The van der Waals surface area contributed by atoms with E-state index in [-0.39, 0.29) is 12.2 Å². The molecule has 1 aliphatic rings. The smallest absolute Gasteiger partial charge is 0.427 e. The van der Waals surface area contributed by atoms with Crippen molar-refractivity contribution in [1.29, 1.82) is 0 Å². The number of nitrogens with zero attached hydrogens (tertiary/aromatic N) is 1. The van der Waals surface area contributed by atoms with Crippen molar-refractivity contribution < 1.29 is 19.6 Å². The number of anilines is 1. The van der Waals surface area contributed by atoms with E-state index in [4.69, 9.17) is 37.0 Å². The molecule has 1 fully saturated rings. The Labute approximate surface area is 147 Å². The molecule has 1 aliphatic heterocycles. The molecular formula is C16H24BClN2O4. The highest BCUT2D eigenvalue weighted by Gasteiger charge is 2.27. The topological polar surface area (TPSA) is 104 Å². The summed E-state index contributed by atoms with van der Waals surface area (Å²) in [7, 11) is -1.19. The van der Waals surface area contributed by atoms with Crippen LogP contribution in [0.4, 0.5) is 5.69 Å². The molecule has 24 heavy (non-hydrogen) atoms. The van der Waals surface area contributed by atoms with E-state index in [1.807, 2.05) is 12.1 Å². The van der Waals surface area contributed by atoms with Gasteiger partial charge in [0.1, 0.15) is 0 Å². The van der Waals surface area contributed by atoms with Crippen molar-refractivity contribution >= 4 is 30.6 Å². The fourth-order valence-electron chi connectivity index (χ4n) is 2.97. The Balaban J connectivity index is 0.000000891. The average molecular weight is 355 g/mol. The molecule has 0 spiro atoms. The molecule has 0 aromatic heterocycles. The first kappa shape index (κ1) is 20.7. The van der Waals surface area contributed by atoms with Crippen molar-refractivity contribution in [2.45, 2.75) is 38.0 Å². The van der Waals surface area contributed by atoms with Crippen molar-refractivity contribution in [3.05, 3.63) is 29.3 Å².